The zero-order valence-electron chi connectivity index (χ0n) is 9.73. The average Bonchev–Trinajstić information content (AvgIpc) is 2.85. The van der Waals surface area contributed by atoms with E-state index in [0.717, 1.165) is 12.0 Å². The molecule has 1 heterocycles. The maximum absolute atomic E-state index is 11.7. The van der Waals surface area contributed by atoms with Crippen molar-refractivity contribution < 1.29 is 4.79 Å². The molecule has 0 saturated carbocycles. The number of rotatable bonds is 5. The summed E-state index contributed by atoms with van der Waals surface area (Å²) in [5.74, 6) is 0.0295. The van der Waals surface area contributed by atoms with E-state index in [9.17, 15) is 4.79 Å². The molecule has 0 saturated heterocycles. The van der Waals surface area contributed by atoms with Gasteiger partial charge in [0.05, 0.1) is 11.9 Å². The Morgan fingerprint density at radius 3 is 2.78 bits per heavy atom. The van der Waals surface area contributed by atoms with Gasteiger partial charge < -0.3 is 5.32 Å². The number of halogens is 1. The number of nitrogens with one attached hydrogen (secondary N) is 1. The molecule has 5 heteroatoms. The minimum absolute atomic E-state index is 0.0295. The summed E-state index contributed by atoms with van der Waals surface area (Å²) >= 11 is 7.39. The number of thiazole rings is 1. The Hall–Kier alpha value is -1.39. The van der Waals surface area contributed by atoms with Gasteiger partial charge in [0.1, 0.15) is 0 Å². The number of nitrogens with zero attached hydrogens (tertiary/aromatic N) is 1. The number of carbonyl (C=O) groups is 1. The van der Waals surface area contributed by atoms with E-state index in [2.05, 4.69) is 10.3 Å². The number of benzene rings is 1. The van der Waals surface area contributed by atoms with Crippen molar-refractivity contribution in [2.45, 2.75) is 12.8 Å². The maximum atomic E-state index is 11.7. The van der Waals surface area contributed by atoms with Gasteiger partial charge in [-0.25, -0.2) is 0 Å². The molecule has 0 unspecified atom stereocenters. The first-order valence-corrected chi connectivity index (χ1v) is 6.88. The molecule has 0 spiro atoms. The van der Waals surface area contributed by atoms with E-state index >= 15 is 0 Å². The summed E-state index contributed by atoms with van der Waals surface area (Å²) in [6, 6.07) is 7.32. The zero-order chi connectivity index (χ0) is 12.8. The molecule has 0 aliphatic carbocycles. The molecule has 0 bridgehead atoms. The van der Waals surface area contributed by atoms with Crippen LogP contribution in [0.2, 0.25) is 5.02 Å². The Bertz CT molecular complexity index is 496. The minimum atomic E-state index is 0.0295. The third-order valence-corrected chi connectivity index (χ3v) is 3.55. The highest BCUT2D eigenvalue weighted by molar-refractivity contribution is 7.09. The summed E-state index contributed by atoms with van der Waals surface area (Å²) in [7, 11) is 0. The Labute approximate surface area is 115 Å². The van der Waals surface area contributed by atoms with Crippen LogP contribution in [0.15, 0.2) is 36.0 Å². The third kappa shape index (κ3) is 4.13. The van der Waals surface area contributed by atoms with Crippen LogP contribution in [0.3, 0.4) is 0 Å². The van der Waals surface area contributed by atoms with Crippen LogP contribution < -0.4 is 5.32 Å². The number of hydrogen-bond donors (Lipinski definition) is 1. The molecule has 1 aromatic carbocycles. The molecule has 2 rings (SSSR count). The summed E-state index contributed by atoms with van der Waals surface area (Å²) in [5, 5.41) is 3.58. The molecule has 0 fully saturated rings. The van der Waals surface area contributed by atoms with E-state index in [-0.39, 0.29) is 5.91 Å². The SMILES string of the molecule is O=C(Cc1ccc(Cl)cc1)NCCc1cncs1. The van der Waals surface area contributed by atoms with Crippen LogP contribution in [0.1, 0.15) is 10.4 Å². The molecule has 3 nitrogen and oxygen atoms in total. The summed E-state index contributed by atoms with van der Waals surface area (Å²) in [6.07, 6.45) is 3.05. The van der Waals surface area contributed by atoms with Gasteiger partial charge in [0, 0.05) is 29.1 Å². The lowest BCUT2D eigenvalue weighted by Crippen LogP contribution is -2.27. The van der Waals surface area contributed by atoms with Crippen LogP contribution in [-0.4, -0.2) is 17.4 Å². The molecule has 1 amide bonds. The van der Waals surface area contributed by atoms with Crippen LogP contribution in [0.5, 0.6) is 0 Å². The molecule has 0 atom stereocenters. The van der Waals surface area contributed by atoms with Crippen LogP contribution in [0, 0.1) is 0 Å². The lowest BCUT2D eigenvalue weighted by molar-refractivity contribution is -0.120. The van der Waals surface area contributed by atoms with Gasteiger partial charge in [0.2, 0.25) is 5.91 Å². The van der Waals surface area contributed by atoms with Crippen molar-refractivity contribution in [3.8, 4) is 0 Å². The fourth-order valence-corrected chi connectivity index (χ4v) is 2.27. The second-order valence-electron chi connectivity index (χ2n) is 3.87. The summed E-state index contributed by atoms with van der Waals surface area (Å²) in [4.78, 5) is 16.8. The van der Waals surface area contributed by atoms with Crippen molar-refractivity contribution in [1.82, 2.24) is 10.3 Å². The number of amides is 1. The van der Waals surface area contributed by atoms with Crippen molar-refractivity contribution >= 4 is 28.8 Å². The Balaban J connectivity index is 1.73. The molecule has 1 aromatic heterocycles. The predicted molar refractivity (Wildman–Crippen MR) is 74.0 cm³/mol. The van der Waals surface area contributed by atoms with Gasteiger partial charge in [-0.2, -0.15) is 0 Å². The molecule has 0 aliphatic rings. The lowest BCUT2D eigenvalue weighted by Gasteiger charge is -2.04. The molecular weight excluding hydrogens is 268 g/mol. The number of aromatic nitrogens is 1. The van der Waals surface area contributed by atoms with E-state index in [4.69, 9.17) is 11.6 Å². The molecule has 94 valence electrons. The van der Waals surface area contributed by atoms with Crippen molar-refractivity contribution in [1.29, 1.82) is 0 Å². The molecular formula is C13H13ClN2OS. The second-order valence-corrected chi connectivity index (χ2v) is 5.28. The third-order valence-electron chi connectivity index (χ3n) is 2.45. The minimum Gasteiger partial charge on any atom is -0.355 e. The first kappa shape index (κ1) is 13.1. The topological polar surface area (TPSA) is 42.0 Å². The summed E-state index contributed by atoms with van der Waals surface area (Å²) in [5.41, 5.74) is 2.76. The van der Waals surface area contributed by atoms with Gasteiger partial charge in [-0.1, -0.05) is 23.7 Å². The highest BCUT2D eigenvalue weighted by atomic mass is 35.5. The van der Waals surface area contributed by atoms with E-state index in [1.807, 2.05) is 18.3 Å². The first-order valence-electron chi connectivity index (χ1n) is 5.62. The largest absolute Gasteiger partial charge is 0.355 e. The standard InChI is InChI=1S/C13H13ClN2OS/c14-11-3-1-10(2-4-11)7-13(17)16-6-5-12-8-15-9-18-12/h1-4,8-9H,5-7H2,(H,16,17). The molecule has 0 radical (unpaired) electrons. The highest BCUT2D eigenvalue weighted by Crippen LogP contribution is 2.10. The predicted octanol–water partition coefficient (Wildman–Crippen LogP) is 2.70. The van der Waals surface area contributed by atoms with Crippen molar-refractivity contribution in [3.63, 3.8) is 0 Å². The normalized spacial score (nSPS) is 10.3. The van der Waals surface area contributed by atoms with E-state index in [0.29, 0.717) is 18.0 Å². The van der Waals surface area contributed by atoms with Gasteiger partial charge >= 0.3 is 0 Å². The quantitative estimate of drug-likeness (QED) is 0.915. The number of carbonyl (C=O) groups excluding carboxylic acids is 1. The fraction of sp³-hybridized carbons (Fsp3) is 0.231. The van der Waals surface area contributed by atoms with E-state index in [1.54, 1.807) is 29.0 Å². The molecule has 0 aliphatic heterocycles. The van der Waals surface area contributed by atoms with Gasteiger partial charge in [0.25, 0.3) is 0 Å². The highest BCUT2D eigenvalue weighted by Gasteiger charge is 2.03. The molecule has 18 heavy (non-hydrogen) atoms. The maximum Gasteiger partial charge on any atom is 0.224 e. The molecule has 2 aromatic rings. The zero-order valence-corrected chi connectivity index (χ0v) is 11.3. The smallest absolute Gasteiger partial charge is 0.224 e. The Morgan fingerprint density at radius 1 is 1.33 bits per heavy atom. The molecule has 1 N–H and O–H groups in total. The van der Waals surface area contributed by atoms with E-state index in [1.165, 1.54) is 4.88 Å². The average molecular weight is 281 g/mol. The summed E-state index contributed by atoms with van der Waals surface area (Å²) in [6.45, 7) is 0.647. The van der Waals surface area contributed by atoms with Gasteiger partial charge in [-0.3, -0.25) is 9.78 Å². The van der Waals surface area contributed by atoms with Crippen LogP contribution in [0.4, 0.5) is 0 Å². The van der Waals surface area contributed by atoms with Gasteiger partial charge in [-0.05, 0) is 17.7 Å². The Morgan fingerprint density at radius 2 is 2.11 bits per heavy atom. The summed E-state index contributed by atoms with van der Waals surface area (Å²) < 4.78 is 0. The van der Waals surface area contributed by atoms with Gasteiger partial charge in [0.15, 0.2) is 0 Å². The lowest BCUT2D eigenvalue weighted by atomic mass is 10.1. The second kappa shape index (κ2) is 6.52. The van der Waals surface area contributed by atoms with Crippen molar-refractivity contribution in [3.05, 3.63) is 51.4 Å². The fourth-order valence-electron chi connectivity index (χ4n) is 1.54. The number of hydrogen-bond acceptors (Lipinski definition) is 3. The van der Waals surface area contributed by atoms with Crippen LogP contribution in [0.25, 0.3) is 0 Å². The van der Waals surface area contributed by atoms with Crippen LogP contribution >= 0.6 is 22.9 Å². The van der Waals surface area contributed by atoms with Crippen molar-refractivity contribution in [2.75, 3.05) is 6.54 Å². The van der Waals surface area contributed by atoms with E-state index < -0.39 is 0 Å². The van der Waals surface area contributed by atoms with Gasteiger partial charge in [-0.15, -0.1) is 11.3 Å². The van der Waals surface area contributed by atoms with Crippen LogP contribution in [-0.2, 0) is 17.6 Å². The Kier molecular flexibility index (Phi) is 4.73. The van der Waals surface area contributed by atoms with Crippen molar-refractivity contribution in [2.24, 2.45) is 0 Å². The monoisotopic (exact) mass is 280 g/mol. The first-order chi connectivity index (χ1) is 8.74.